The topological polar surface area (TPSA) is 85.6 Å². The van der Waals surface area contributed by atoms with Crippen LogP contribution < -0.4 is 0 Å². The van der Waals surface area contributed by atoms with Gasteiger partial charge < -0.3 is 13.9 Å². The number of rotatable bonds is 4. The molecule has 0 saturated carbocycles. The number of methoxy groups -OCH3 is 2. The Morgan fingerprint density at radius 3 is 1.82 bits per heavy atom. The Hall–Kier alpha value is -1.81. The smallest absolute Gasteiger partial charge is 0.373 e. The first-order valence-corrected chi connectivity index (χ1v) is 8.17. The van der Waals surface area contributed by atoms with Crippen LogP contribution in [0.1, 0.15) is 0 Å². The zero-order valence-corrected chi connectivity index (χ0v) is 11.5. The van der Waals surface area contributed by atoms with Gasteiger partial charge in [-0.25, -0.2) is 9.59 Å². The number of esters is 2. The van der Waals surface area contributed by atoms with Gasteiger partial charge in [-0.3, -0.25) is 0 Å². The summed E-state index contributed by atoms with van der Waals surface area (Å²) in [5, 5.41) is 8.86. The van der Waals surface area contributed by atoms with Crippen LogP contribution in [0.3, 0.4) is 0 Å². The monoisotopic (exact) mass is 257 g/mol. The molecular weight excluding hydrogens is 242 g/mol. The van der Waals surface area contributed by atoms with Crippen LogP contribution in [0, 0.1) is 11.3 Å². The van der Waals surface area contributed by atoms with E-state index in [0.29, 0.717) is 0 Å². The van der Waals surface area contributed by atoms with Crippen molar-refractivity contribution in [2.75, 3.05) is 14.2 Å². The minimum Gasteiger partial charge on any atom is -0.538 e. The highest BCUT2D eigenvalue weighted by Crippen LogP contribution is 2.16. The van der Waals surface area contributed by atoms with Crippen LogP contribution in [0.25, 0.3) is 0 Å². The molecule has 0 unspecified atom stereocenters. The summed E-state index contributed by atoms with van der Waals surface area (Å²) in [5.74, 6) is -2.18. The zero-order valence-electron chi connectivity index (χ0n) is 10.5. The molecule has 0 rings (SSSR count). The highest BCUT2D eigenvalue weighted by Gasteiger charge is 2.29. The van der Waals surface area contributed by atoms with Gasteiger partial charge in [0.15, 0.2) is 5.57 Å². The molecule has 0 N–H and O–H groups in total. The SMILES string of the molecule is COC(=O)C(C#N)=C(O[Si](C)(C)C)C(=O)OC. The van der Waals surface area contributed by atoms with E-state index < -0.39 is 25.8 Å². The molecule has 0 saturated heterocycles. The van der Waals surface area contributed by atoms with E-state index in [2.05, 4.69) is 9.47 Å². The van der Waals surface area contributed by atoms with Crippen molar-refractivity contribution in [2.24, 2.45) is 0 Å². The molecule has 0 aromatic rings. The van der Waals surface area contributed by atoms with Crippen molar-refractivity contribution in [1.82, 2.24) is 0 Å². The molecule has 0 aromatic heterocycles. The molecule has 94 valence electrons. The summed E-state index contributed by atoms with van der Waals surface area (Å²) >= 11 is 0. The first kappa shape index (κ1) is 15.2. The maximum Gasteiger partial charge on any atom is 0.373 e. The first-order valence-electron chi connectivity index (χ1n) is 4.76. The molecule has 0 heterocycles. The standard InChI is InChI=1S/C10H15NO5Si/c1-14-9(12)7(6-11)8(10(13)15-2)16-17(3,4)5/h1-5H3. The second-order valence-corrected chi connectivity index (χ2v) is 8.44. The molecule has 7 heteroatoms. The van der Waals surface area contributed by atoms with Gasteiger partial charge in [0.1, 0.15) is 6.07 Å². The van der Waals surface area contributed by atoms with Gasteiger partial charge in [0.25, 0.3) is 0 Å². The number of carbonyl (C=O) groups excluding carboxylic acids is 2. The molecule has 17 heavy (non-hydrogen) atoms. The van der Waals surface area contributed by atoms with Gasteiger partial charge in [0.2, 0.25) is 14.1 Å². The molecule has 0 bridgehead atoms. The van der Waals surface area contributed by atoms with E-state index >= 15 is 0 Å². The van der Waals surface area contributed by atoms with E-state index in [4.69, 9.17) is 9.69 Å². The van der Waals surface area contributed by atoms with Gasteiger partial charge in [-0.2, -0.15) is 5.26 Å². The normalized spacial score (nSPS) is 12.0. The summed E-state index contributed by atoms with van der Waals surface area (Å²) in [5.41, 5.74) is -0.484. The number of ether oxygens (including phenoxy) is 2. The van der Waals surface area contributed by atoms with E-state index in [9.17, 15) is 9.59 Å². The fourth-order valence-corrected chi connectivity index (χ4v) is 1.68. The number of hydrogen-bond acceptors (Lipinski definition) is 6. The fraction of sp³-hybridized carbons (Fsp3) is 0.500. The second-order valence-electron chi connectivity index (χ2n) is 4.01. The third-order valence-electron chi connectivity index (χ3n) is 1.51. The van der Waals surface area contributed by atoms with Gasteiger partial charge in [-0.15, -0.1) is 0 Å². The van der Waals surface area contributed by atoms with E-state index in [0.717, 1.165) is 14.2 Å². The summed E-state index contributed by atoms with van der Waals surface area (Å²) in [4.78, 5) is 22.8. The predicted octanol–water partition coefficient (Wildman–Crippen LogP) is 0.962. The Morgan fingerprint density at radius 1 is 1.06 bits per heavy atom. The van der Waals surface area contributed by atoms with Crippen molar-refractivity contribution >= 4 is 20.3 Å². The van der Waals surface area contributed by atoms with Crippen LogP contribution in [-0.4, -0.2) is 34.5 Å². The van der Waals surface area contributed by atoms with Gasteiger partial charge in [0, 0.05) is 0 Å². The fourth-order valence-electron chi connectivity index (χ4n) is 0.885. The van der Waals surface area contributed by atoms with Crippen molar-refractivity contribution in [3.63, 3.8) is 0 Å². The lowest BCUT2D eigenvalue weighted by molar-refractivity contribution is -0.141. The summed E-state index contributed by atoms with van der Waals surface area (Å²) < 4.78 is 14.3. The van der Waals surface area contributed by atoms with E-state index in [1.807, 2.05) is 19.6 Å². The number of nitrogens with zero attached hydrogens (tertiary/aromatic N) is 1. The summed E-state index contributed by atoms with van der Waals surface area (Å²) in [6.45, 7) is 5.42. The molecule has 0 amide bonds. The van der Waals surface area contributed by atoms with Crippen molar-refractivity contribution in [1.29, 1.82) is 5.26 Å². The van der Waals surface area contributed by atoms with Crippen molar-refractivity contribution in [3.8, 4) is 6.07 Å². The summed E-state index contributed by atoms with van der Waals surface area (Å²) in [7, 11) is 0.101. The van der Waals surface area contributed by atoms with Gasteiger partial charge >= 0.3 is 11.9 Å². The van der Waals surface area contributed by atoms with Crippen LogP contribution in [0.5, 0.6) is 0 Å². The minimum absolute atomic E-state index is 0.388. The molecular formula is C10H15NO5Si. The van der Waals surface area contributed by atoms with Crippen LogP contribution in [0.2, 0.25) is 19.6 Å². The maximum absolute atomic E-state index is 11.5. The Bertz CT molecular complexity index is 388. The number of nitriles is 1. The van der Waals surface area contributed by atoms with Crippen LogP contribution in [0.15, 0.2) is 11.3 Å². The Balaban J connectivity index is 5.57. The largest absolute Gasteiger partial charge is 0.538 e. The molecule has 0 aliphatic rings. The Morgan fingerprint density at radius 2 is 1.53 bits per heavy atom. The number of carbonyl (C=O) groups is 2. The third-order valence-corrected chi connectivity index (χ3v) is 2.32. The molecule has 0 aliphatic carbocycles. The number of hydrogen-bond donors (Lipinski definition) is 0. The van der Waals surface area contributed by atoms with Crippen molar-refractivity contribution in [3.05, 3.63) is 11.3 Å². The van der Waals surface area contributed by atoms with E-state index in [-0.39, 0.29) is 5.76 Å². The van der Waals surface area contributed by atoms with Crippen LogP contribution >= 0.6 is 0 Å². The zero-order chi connectivity index (χ0) is 13.6. The molecule has 0 aromatic carbocycles. The lowest BCUT2D eigenvalue weighted by Crippen LogP contribution is -2.29. The predicted molar refractivity (Wildman–Crippen MR) is 61.1 cm³/mol. The molecule has 0 radical (unpaired) electrons. The first-order chi connectivity index (χ1) is 7.76. The molecule has 0 aliphatic heterocycles. The minimum atomic E-state index is -2.15. The molecule has 0 spiro atoms. The van der Waals surface area contributed by atoms with E-state index in [1.165, 1.54) is 0 Å². The molecule has 0 atom stereocenters. The van der Waals surface area contributed by atoms with Crippen molar-refractivity contribution in [2.45, 2.75) is 19.6 Å². The average Bonchev–Trinajstić information content (AvgIpc) is 2.25. The maximum atomic E-state index is 11.5. The lowest BCUT2D eigenvalue weighted by atomic mass is 10.2. The lowest BCUT2D eigenvalue weighted by Gasteiger charge is -2.20. The van der Waals surface area contributed by atoms with E-state index in [1.54, 1.807) is 6.07 Å². The highest BCUT2D eigenvalue weighted by molar-refractivity contribution is 6.70. The van der Waals surface area contributed by atoms with Gasteiger partial charge in [-0.1, -0.05) is 0 Å². The Labute approximate surface area is 101 Å². The summed E-state index contributed by atoms with van der Waals surface area (Å²) in [6.07, 6.45) is 0. The van der Waals surface area contributed by atoms with Crippen LogP contribution in [-0.2, 0) is 23.5 Å². The van der Waals surface area contributed by atoms with Crippen LogP contribution in [0.4, 0.5) is 0 Å². The molecule has 6 nitrogen and oxygen atoms in total. The summed E-state index contributed by atoms with van der Waals surface area (Å²) in [6, 6.07) is 1.59. The van der Waals surface area contributed by atoms with Crippen molar-refractivity contribution < 1.29 is 23.5 Å². The quantitative estimate of drug-likeness (QED) is 0.245. The van der Waals surface area contributed by atoms with Gasteiger partial charge in [0.05, 0.1) is 14.2 Å². The highest BCUT2D eigenvalue weighted by atomic mass is 28.4. The average molecular weight is 257 g/mol. The third kappa shape index (κ3) is 4.69. The molecule has 0 fully saturated rings. The second kappa shape index (κ2) is 6.05. The van der Waals surface area contributed by atoms with Gasteiger partial charge in [-0.05, 0) is 19.6 Å². The Kier molecular flexibility index (Phi) is 5.41.